The quantitative estimate of drug-likeness (QED) is 0.0888. The van der Waals surface area contributed by atoms with Crippen molar-refractivity contribution in [1.29, 1.82) is 0 Å². The second kappa shape index (κ2) is 25.3. The maximum atomic E-state index is 14.6. The number of aromatic nitrogens is 6. The van der Waals surface area contributed by atoms with E-state index in [0.717, 1.165) is 37.2 Å². The summed E-state index contributed by atoms with van der Waals surface area (Å²) in [6.45, 7) is 19.6. The van der Waals surface area contributed by atoms with E-state index in [4.69, 9.17) is 23.7 Å². The summed E-state index contributed by atoms with van der Waals surface area (Å²) in [5, 5.41) is 86.3. The van der Waals surface area contributed by atoms with E-state index in [0.29, 0.717) is 31.6 Å². The van der Waals surface area contributed by atoms with Crippen LogP contribution in [-0.2, 0) is 54.5 Å². The Morgan fingerprint density at radius 3 is 2.23 bits per heavy atom. The van der Waals surface area contributed by atoms with Gasteiger partial charge in [-0.15, -0.1) is 10.2 Å². The van der Waals surface area contributed by atoms with Crippen LogP contribution in [0.25, 0.3) is 5.69 Å². The summed E-state index contributed by atoms with van der Waals surface area (Å²) in [5.74, 6) is -3.12. The molecular weight excluding hydrogens is 953 g/mol. The molecule has 20 heteroatoms. The Labute approximate surface area is 438 Å². The molecule has 2 aromatic heterocycles. The standard InChI is InChI=1S/C54H90N8O12/c1-14-44-54(10,69)47(65)36(6)60(12)28-32(2)26-52(8,68)49(34(4)45(35(5)50(67)73-44)43-27-53(9,70-13)48(66)37(7)72-43)74-51-46(64)42(25-33(3)71-51)59(11)24-22-39-29-61(57-55-39)23-16-15-17-38-18-20-41(21-19-38)62-30-40(31-63)56-58-62/h18-21,29-30,32-37,42-49,51,63-66,68-69H,14-17,22-28,31H2,1-13H3/t32-,33-,34+,35-,36-,37+,42+,43?,44-,45+,46-,47-,48+,49-,51+,52-,53-,54-/m1/s1. The highest BCUT2D eigenvalue weighted by molar-refractivity contribution is 5.73. The highest BCUT2D eigenvalue weighted by Crippen LogP contribution is 2.45. The highest BCUT2D eigenvalue weighted by atomic mass is 16.7. The molecule has 0 amide bonds. The molecule has 3 saturated heterocycles. The third-order valence-corrected chi connectivity index (χ3v) is 16.8. The van der Waals surface area contributed by atoms with Crippen LogP contribution in [0.15, 0.2) is 36.7 Å². The van der Waals surface area contributed by atoms with Gasteiger partial charge in [-0.3, -0.25) is 9.48 Å². The van der Waals surface area contributed by atoms with Gasteiger partial charge in [-0.25, -0.2) is 4.68 Å². The summed E-state index contributed by atoms with van der Waals surface area (Å²) >= 11 is 0. The fourth-order valence-corrected chi connectivity index (χ4v) is 12.1. The van der Waals surface area contributed by atoms with Crippen molar-refractivity contribution in [2.75, 3.05) is 34.3 Å². The van der Waals surface area contributed by atoms with Crippen LogP contribution in [0.3, 0.4) is 0 Å². The molecule has 6 N–H and O–H groups in total. The molecule has 3 aliphatic heterocycles. The number of carbonyl (C=O) groups is 1. The van der Waals surface area contributed by atoms with Crippen molar-refractivity contribution in [2.24, 2.45) is 23.7 Å². The first-order valence-corrected chi connectivity index (χ1v) is 27.0. The number of nitrogens with zero attached hydrogens (tertiary/aromatic N) is 8. The van der Waals surface area contributed by atoms with Gasteiger partial charge in [-0.05, 0) is 124 Å². The second-order valence-electron chi connectivity index (χ2n) is 22.9. The minimum atomic E-state index is -1.81. The fourth-order valence-electron chi connectivity index (χ4n) is 12.1. The van der Waals surface area contributed by atoms with E-state index in [9.17, 15) is 35.4 Å². The SMILES string of the molecule is CC[C@H]1OC(=O)[C@H](C)[C@@H](C2C[C@@](C)(OC)[C@@H](O)[C@H](C)O2)[C@H](C)[C@@H](O[C@@H]2O[C@H](C)C[C@H](N(C)CCc3cn(CCCCc4ccc(-n5cc(CO)nn5)cc4)nn3)[C@H]2O)[C@](C)(O)C[C@@H](C)CN(C)[C@H](C)[C@@H](O)[C@]1(C)O. The number of likely N-dealkylation sites (N-methyl/N-ethyl adjacent to an activating group) is 2. The molecule has 0 bridgehead atoms. The topological polar surface area (TPSA) is 252 Å². The lowest BCUT2D eigenvalue weighted by Crippen LogP contribution is -2.62. The van der Waals surface area contributed by atoms with Gasteiger partial charge in [0, 0.05) is 63.8 Å². The molecule has 0 radical (unpaired) electrons. The molecule has 0 saturated carbocycles. The summed E-state index contributed by atoms with van der Waals surface area (Å²) < 4.78 is 35.8. The molecule has 20 nitrogen and oxygen atoms in total. The minimum absolute atomic E-state index is 0.153. The number of carbonyl (C=O) groups excluding carboxylic acids is 1. The Kier molecular flexibility index (Phi) is 20.4. The molecule has 5 heterocycles. The maximum Gasteiger partial charge on any atom is 0.309 e. The second-order valence-corrected chi connectivity index (χ2v) is 22.9. The van der Waals surface area contributed by atoms with E-state index in [1.54, 1.807) is 38.6 Å². The summed E-state index contributed by atoms with van der Waals surface area (Å²) in [6.07, 6.45) is -0.202. The van der Waals surface area contributed by atoms with Gasteiger partial charge in [-0.1, -0.05) is 50.3 Å². The number of cyclic esters (lactones) is 1. The third kappa shape index (κ3) is 14.0. The lowest BCUT2D eigenvalue weighted by molar-refractivity contribution is -0.302. The summed E-state index contributed by atoms with van der Waals surface area (Å²) in [7, 11) is 5.35. The van der Waals surface area contributed by atoms with E-state index >= 15 is 0 Å². The van der Waals surface area contributed by atoms with E-state index in [1.807, 2.05) is 76.6 Å². The van der Waals surface area contributed by atoms with Gasteiger partial charge < -0.3 is 64.1 Å². The third-order valence-electron chi connectivity index (χ3n) is 16.8. The van der Waals surface area contributed by atoms with E-state index < -0.39 is 95.6 Å². The molecule has 1 aromatic carbocycles. The van der Waals surface area contributed by atoms with Gasteiger partial charge >= 0.3 is 5.97 Å². The lowest BCUT2D eigenvalue weighted by Gasteiger charge is -2.51. The Morgan fingerprint density at radius 2 is 1.58 bits per heavy atom. The monoisotopic (exact) mass is 1040 g/mol. The van der Waals surface area contributed by atoms with Crippen molar-refractivity contribution < 1.29 is 59.1 Å². The predicted octanol–water partition coefficient (Wildman–Crippen LogP) is 3.47. The summed E-state index contributed by atoms with van der Waals surface area (Å²) in [6, 6.07) is 7.20. The van der Waals surface area contributed by atoms with E-state index in [2.05, 4.69) is 37.7 Å². The van der Waals surface area contributed by atoms with Crippen LogP contribution in [0, 0.1) is 23.7 Å². The Hall–Kier alpha value is -3.51. The average Bonchev–Trinajstić information content (AvgIpc) is 4.04. The molecular formula is C54H90N8O12. The number of aliphatic hydroxyl groups is 6. The molecule has 3 aliphatic rings. The largest absolute Gasteiger partial charge is 0.459 e. The Morgan fingerprint density at radius 1 is 0.892 bits per heavy atom. The smallest absolute Gasteiger partial charge is 0.309 e. The molecule has 0 aliphatic carbocycles. The summed E-state index contributed by atoms with van der Waals surface area (Å²) in [4.78, 5) is 18.7. The Bertz CT molecular complexity index is 2210. The van der Waals surface area contributed by atoms with Crippen molar-refractivity contribution in [1.82, 2.24) is 39.8 Å². The van der Waals surface area contributed by atoms with Crippen molar-refractivity contribution in [3.8, 4) is 5.69 Å². The molecule has 6 rings (SSSR count). The average molecular weight is 1040 g/mol. The molecule has 3 fully saturated rings. The van der Waals surface area contributed by atoms with Crippen molar-refractivity contribution in [3.63, 3.8) is 0 Å². The number of unbranched alkanes of at least 4 members (excludes halogenated alkanes) is 1. The molecule has 3 aromatic rings. The zero-order valence-corrected chi connectivity index (χ0v) is 46.3. The number of hydrogen-bond acceptors (Lipinski definition) is 18. The van der Waals surface area contributed by atoms with Crippen LogP contribution < -0.4 is 0 Å². The van der Waals surface area contributed by atoms with Gasteiger partial charge in [0.2, 0.25) is 0 Å². The lowest BCUT2D eigenvalue weighted by atomic mass is 9.68. The maximum absolute atomic E-state index is 14.6. The number of methoxy groups -OCH3 is 1. The number of benzene rings is 1. The first kappa shape index (κ1) is 59.7. The Balaban J connectivity index is 1.18. The molecule has 418 valence electrons. The fraction of sp³-hybridized carbons (Fsp3) is 0.796. The zero-order valence-electron chi connectivity index (χ0n) is 46.3. The van der Waals surface area contributed by atoms with Gasteiger partial charge in [0.25, 0.3) is 0 Å². The van der Waals surface area contributed by atoms with Crippen LogP contribution in [-0.4, -0.2) is 195 Å². The van der Waals surface area contributed by atoms with Gasteiger partial charge in [-0.2, -0.15) is 0 Å². The van der Waals surface area contributed by atoms with Crippen molar-refractivity contribution >= 4 is 5.97 Å². The predicted molar refractivity (Wildman–Crippen MR) is 276 cm³/mol. The van der Waals surface area contributed by atoms with Crippen LogP contribution >= 0.6 is 0 Å². The van der Waals surface area contributed by atoms with E-state index in [1.165, 1.54) is 19.6 Å². The highest BCUT2D eigenvalue weighted by Gasteiger charge is 2.55. The van der Waals surface area contributed by atoms with Crippen LogP contribution in [0.2, 0.25) is 0 Å². The number of esters is 1. The molecule has 74 heavy (non-hydrogen) atoms. The van der Waals surface area contributed by atoms with Crippen molar-refractivity contribution in [3.05, 3.63) is 53.6 Å². The first-order valence-electron chi connectivity index (χ1n) is 27.0. The number of hydrogen-bond donors (Lipinski definition) is 6. The first-order chi connectivity index (χ1) is 34.8. The van der Waals surface area contributed by atoms with E-state index in [-0.39, 0.29) is 43.9 Å². The minimum Gasteiger partial charge on any atom is -0.459 e. The molecule has 0 spiro atoms. The molecule has 18 atom stereocenters. The zero-order chi connectivity index (χ0) is 54.4. The number of aryl methyl sites for hydroxylation is 2. The van der Waals surface area contributed by atoms with Gasteiger partial charge in [0.15, 0.2) is 6.29 Å². The summed E-state index contributed by atoms with van der Waals surface area (Å²) in [5.41, 5.74) is -1.00. The number of rotatable bonds is 16. The molecule has 1 unspecified atom stereocenters. The number of aliphatic hydroxyl groups excluding tert-OH is 4. The van der Waals surface area contributed by atoms with Gasteiger partial charge in [0.1, 0.15) is 35.7 Å². The van der Waals surface area contributed by atoms with Crippen LogP contribution in [0.4, 0.5) is 0 Å². The van der Waals surface area contributed by atoms with Crippen LogP contribution in [0.1, 0.15) is 125 Å². The van der Waals surface area contributed by atoms with Crippen LogP contribution in [0.5, 0.6) is 0 Å². The number of ether oxygens (including phenoxy) is 5. The normalized spacial score (nSPS) is 38.4. The van der Waals surface area contributed by atoms with Crippen molar-refractivity contribution in [2.45, 2.75) is 218 Å². The van der Waals surface area contributed by atoms with Gasteiger partial charge in [0.05, 0.1) is 65.7 Å².